The van der Waals surface area contributed by atoms with Crippen molar-refractivity contribution < 1.29 is 22.5 Å². The molecule has 5 nitrogen and oxygen atoms in total. The van der Waals surface area contributed by atoms with Crippen LogP contribution in [-0.4, -0.2) is 21.4 Å². The van der Waals surface area contributed by atoms with Gasteiger partial charge in [0.05, 0.1) is 0 Å². The van der Waals surface area contributed by atoms with Crippen LogP contribution in [0.5, 0.6) is 0 Å². The van der Waals surface area contributed by atoms with Crippen LogP contribution in [0.2, 0.25) is 0 Å². The molecule has 0 unspecified atom stereocenters. The minimum absolute atomic E-state index is 0.160. The van der Waals surface area contributed by atoms with E-state index in [0.717, 1.165) is 0 Å². The van der Waals surface area contributed by atoms with Crippen molar-refractivity contribution >= 4 is 6.29 Å². The van der Waals surface area contributed by atoms with E-state index in [1.54, 1.807) is 0 Å². The maximum absolute atomic E-state index is 12.2. The minimum atomic E-state index is -4.68. The fraction of sp³-hybridized carbons (Fsp3) is 0.111. The van der Waals surface area contributed by atoms with Gasteiger partial charge in [-0.05, 0) is 12.1 Å². The molecule has 2 heterocycles. The van der Waals surface area contributed by atoms with Crippen LogP contribution in [-0.2, 0) is 6.18 Å². The van der Waals surface area contributed by atoms with E-state index in [0.29, 0.717) is 6.29 Å². The summed E-state index contributed by atoms with van der Waals surface area (Å²) >= 11 is 0. The molecule has 0 spiro atoms. The fourth-order valence-electron chi connectivity index (χ4n) is 1.06. The normalized spacial score (nSPS) is 11.5. The van der Waals surface area contributed by atoms with Gasteiger partial charge in [-0.15, -0.1) is 0 Å². The van der Waals surface area contributed by atoms with Gasteiger partial charge in [-0.1, -0.05) is 5.16 Å². The summed E-state index contributed by atoms with van der Waals surface area (Å²) < 4.78 is 40.6. The smallest absolute Gasteiger partial charge is 0.329 e. The number of hydrogen-bond acceptors (Lipinski definition) is 5. The van der Waals surface area contributed by atoms with Gasteiger partial charge in [-0.25, -0.2) is 0 Å². The van der Waals surface area contributed by atoms with Crippen molar-refractivity contribution in [2.45, 2.75) is 6.18 Å². The molecule has 2 rings (SSSR count). The highest BCUT2D eigenvalue weighted by molar-refractivity contribution is 5.72. The molecule has 0 aliphatic heterocycles. The summed E-state index contributed by atoms with van der Waals surface area (Å²) in [6.45, 7) is 0. The van der Waals surface area contributed by atoms with E-state index >= 15 is 0 Å². The van der Waals surface area contributed by atoms with E-state index in [9.17, 15) is 18.0 Å². The largest absolute Gasteiger partial charge is 0.471 e. The Hall–Kier alpha value is -2.25. The first-order valence-electron chi connectivity index (χ1n) is 4.33. The molecule has 0 saturated heterocycles. The Kier molecular flexibility index (Phi) is 2.62. The molecule has 0 atom stereocenters. The standard InChI is InChI=1S/C9H4F3N3O2/c10-9(11,12)8-14-7(15-17-8)5-1-2-6(4-16)13-3-5/h1-4H. The zero-order chi connectivity index (χ0) is 12.5. The summed E-state index contributed by atoms with van der Waals surface area (Å²) in [7, 11) is 0. The Bertz CT molecular complexity index is 533. The molecular weight excluding hydrogens is 239 g/mol. The number of halogens is 3. The second-order valence-electron chi connectivity index (χ2n) is 3.01. The molecule has 0 saturated carbocycles. The molecule has 0 aliphatic rings. The first-order valence-corrected chi connectivity index (χ1v) is 4.33. The van der Waals surface area contributed by atoms with E-state index < -0.39 is 12.1 Å². The summed E-state index contributed by atoms with van der Waals surface area (Å²) in [6.07, 6.45) is -2.97. The molecule has 0 aromatic carbocycles. The number of carbonyl (C=O) groups excluding carboxylic acids is 1. The lowest BCUT2D eigenvalue weighted by Gasteiger charge is -1.96. The lowest BCUT2D eigenvalue weighted by atomic mass is 10.2. The predicted molar refractivity (Wildman–Crippen MR) is 47.9 cm³/mol. The van der Waals surface area contributed by atoms with Gasteiger partial charge >= 0.3 is 12.1 Å². The molecule has 0 fully saturated rings. The molecular formula is C9H4F3N3O2. The summed E-state index contributed by atoms with van der Waals surface area (Å²) in [5, 5.41) is 3.17. The zero-order valence-electron chi connectivity index (χ0n) is 8.10. The van der Waals surface area contributed by atoms with Crippen LogP contribution < -0.4 is 0 Å². The lowest BCUT2D eigenvalue weighted by molar-refractivity contribution is -0.159. The fourth-order valence-corrected chi connectivity index (χ4v) is 1.06. The SMILES string of the molecule is O=Cc1ccc(-c2noc(C(F)(F)F)n2)cn1. The number of nitrogens with zero attached hydrogens (tertiary/aromatic N) is 3. The molecule has 2 aromatic heterocycles. The highest BCUT2D eigenvalue weighted by atomic mass is 19.4. The Balaban J connectivity index is 2.33. The molecule has 0 aliphatic carbocycles. The van der Waals surface area contributed by atoms with Gasteiger partial charge in [0.1, 0.15) is 5.69 Å². The average molecular weight is 243 g/mol. The second-order valence-corrected chi connectivity index (χ2v) is 3.01. The van der Waals surface area contributed by atoms with Crippen molar-refractivity contribution in [2.24, 2.45) is 0 Å². The molecule has 2 aromatic rings. The van der Waals surface area contributed by atoms with Gasteiger partial charge in [-0.3, -0.25) is 9.78 Å². The van der Waals surface area contributed by atoms with Crippen molar-refractivity contribution in [1.29, 1.82) is 0 Å². The number of aromatic nitrogens is 3. The van der Waals surface area contributed by atoms with Crippen molar-refractivity contribution in [3.8, 4) is 11.4 Å². The summed E-state index contributed by atoms with van der Waals surface area (Å²) in [4.78, 5) is 17.2. The van der Waals surface area contributed by atoms with Crippen molar-refractivity contribution in [3.05, 3.63) is 29.9 Å². The van der Waals surface area contributed by atoms with Crippen LogP contribution >= 0.6 is 0 Å². The number of carbonyl (C=O) groups is 1. The third kappa shape index (κ3) is 2.30. The number of hydrogen-bond donors (Lipinski definition) is 0. The van der Waals surface area contributed by atoms with Crippen molar-refractivity contribution in [2.75, 3.05) is 0 Å². The molecule has 88 valence electrons. The maximum Gasteiger partial charge on any atom is 0.471 e. The van der Waals surface area contributed by atoms with Gasteiger partial charge < -0.3 is 4.52 Å². The van der Waals surface area contributed by atoms with Crippen LogP contribution in [0, 0.1) is 0 Å². The number of pyridine rings is 1. The summed E-state index contributed by atoms with van der Waals surface area (Å²) in [5.41, 5.74) is 0.392. The van der Waals surface area contributed by atoms with Gasteiger partial charge in [-0.2, -0.15) is 18.2 Å². The van der Waals surface area contributed by atoms with E-state index in [2.05, 4.69) is 19.6 Å². The third-order valence-electron chi connectivity index (χ3n) is 1.83. The van der Waals surface area contributed by atoms with Crippen LogP contribution in [0.1, 0.15) is 16.4 Å². The Morgan fingerprint density at radius 1 is 1.29 bits per heavy atom. The molecule has 0 bridgehead atoms. The minimum Gasteiger partial charge on any atom is -0.329 e. The van der Waals surface area contributed by atoms with Crippen LogP contribution in [0.3, 0.4) is 0 Å². The molecule has 0 radical (unpaired) electrons. The van der Waals surface area contributed by atoms with E-state index in [-0.39, 0.29) is 17.1 Å². The van der Waals surface area contributed by atoms with Gasteiger partial charge in [0, 0.05) is 11.8 Å². The predicted octanol–water partition coefficient (Wildman–Crippen LogP) is 1.96. The van der Waals surface area contributed by atoms with Crippen LogP contribution in [0.25, 0.3) is 11.4 Å². The number of alkyl halides is 3. The highest BCUT2D eigenvalue weighted by Crippen LogP contribution is 2.29. The van der Waals surface area contributed by atoms with Crippen molar-refractivity contribution in [3.63, 3.8) is 0 Å². The Labute approximate surface area is 92.3 Å². The monoisotopic (exact) mass is 243 g/mol. The topological polar surface area (TPSA) is 68.9 Å². The molecule has 8 heteroatoms. The molecule has 0 amide bonds. The quantitative estimate of drug-likeness (QED) is 0.754. The molecule has 17 heavy (non-hydrogen) atoms. The van der Waals surface area contributed by atoms with E-state index in [1.807, 2.05) is 0 Å². The Morgan fingerprint density at radius 2 is 2.06 bits per heavy atom. The van der Waals surface area contributed by atoms with Crippen molar-refractivity contribution in [1.82, 2.24) is 15.1 Å². The van der Waals surface area contributed by atoms with E-state index in [4.69, 9.17) is 0 Å². The van der Waals surface area contributed by atoms with Gasteiger partial charge in [0.15, 0.2) is 6.29 Å². The number of rotatable bonds is 2. The maximum atomic E-state index is 12.2. The van der Waals surface area contributed by atoms with Crippen LogP contribution in [0.4, 0.5) is 13.2 Å². The summed E-state index contributed by atoms with van der Waals surface area (Å²) in [5.74, 6) is -1.66. The lowest BCUT2D eigenvalue weighted by Crippen LogP contribution is -2.04. The second kappa shape index (κ2) is 3.96. The van der Waals surface area contributed by atoms with Gasteiger partial charge in [0.2, 0.25) is 5.82 Å². The van der Waals surface area contributed by atoms with E-state index in [1.165, 1.54) is 18.3 Å². The third-order valence-corrected chi connectivity index (χ3v) is 1.83. The number of aldehydes is 1. The van der Waals surface area contributed by atoms with Gasteiger partial charge in [0.25, 0.3) is 0 Å². The Morgan fingerprint density at radius 3 is 2.53 bits per heavy atom. The molecule has 0 N–H and O–H groups in total. The first-order chi connectivity index (χ1) is 8.00. The zero-order valence-corrected chi connectivity index (χ0v) is 8.10. The highest BCUT2D eigenvalue weighted by Gasteiger charge is 2.38. The van der Waals surface area contributed by atoms with Crippen LogP contribution in [0.15, 0.2) is 22.9 Å². The first kappa shape index (κ1) is 11.2. The average Bonchev–Trinajstić information content (AvgIpc) is 2.78. The summed E-state index contributed by atoms with van der Waals surface area (Å²) in [6, 6.07) is 2.72.